The van der Waals surface area contributed by atoms with E-state index in [4.69, 9.17) is 17.3 Å². The van der Waals surface area contributed by atoms with Gasteiger partial charge in [-0.1, -0.05) is 17.7 Å². The van der Waals surface area contributed by atoms with Gasteiger partial charge in [-0.3, -0.25) is 10.1 Å². The van der Waals surface area contributed by atoms with Gasteiger partial charge in [0.25, 0.3) is 0 Å². The third-order valence-corrected chi connectivity index (χ3v) is 4.19. The molecule has 3 aromatic rings. The summed E-state index contributed by atoms with van der Waals surface area (Å²) in [7, 11) is 0. The predicted octanol–water partition coefficient (Wildman–Crippen LogP) is 4.14. The fraction of sp³-hybridized carbons (Fsp3) is 0. The van der Waals surface area contributed by atoms with Gasteiger partial charge >= 0.3 is 0 Å². The van der Waals surface area contributed by atoms with Gasteiger partial charge in [0, 0.05) is 22.4 Å². The maximum absolute atomic E-state index is 6.02. The van der Waals surface area contributed by atoms with Crippen LogP contribution >= 0.6 is 27.5 Å². The smallest absolute Gasteiger partial charge is 0.153 e. The summed E-state index contributed by atoms with van der Waals surface area (Å²) in [6.07, 6.45) is 3.45. The zero-order valence-electron chi connectivity index (χ0n) is 10.3. The van der Waals surface area contributed by atoms with Crippen molar-refractivity contribution >= 4 is 33.3 Å². The normalized spacial score (nSPS) is 10.7. The van der Waals surface area contributed by atoms with Crippen LogP contribution in [0, 0.1) is 0 Å². The first-order valence-electron chi connectivity index (χ1n) is 5.86. The molecule has 0 atom stereocenters. The molecule has 6 heteroatoms. The predicted molar refractivity (Wildman–Crippen MR) is 84.4 cm³/mol. The molecule has 0 aliphatic carbocycles. The molecule has 0 aliphatic heterocycles. The molecule has 3 rings (SSSR count). The van der Waals surface area contributed by atoms with Crippen molar-refractivity contribution in [3.8, 4) is 22.4 Å². The van der Waals surface area contributed by atoms with Crippen LogP contribution in [-0.4, -0.2) is 15.2 Å². The van der Waals surface area contributed by atoms with E-state index in [-0.39, 0.29) is 0 Å². The third-order valence-electron chi connectivity index (χ3n) is 2.97. The molecule has 0 saturated carbocycles. The molecule has 4 nitrogen and oxygen atoms in total. The lowest BCUT2D eigenvalue weighted by atomic mass is 10.0. The molecule has 0 bridgehead atoms. The van der Waals surface area contributed by atoms with Crippen LogP contribution < -0.4 is 5.73 Å². The second-order valence-electron chi connectivity index (χ2n) is 4.22. The summed E-state index contributed by atoms with van der Waals surface area (Å²) in [5, 5.41) is 7.74. The topological polar surface area (TPSA) is 67.6 Å². The van der Waals surface area contributed by atoms with E-state index in [1.165, 1.54) is 0 Å². The Bertz CT molecular complexity index is 755. The average molecular weight is 350 g/mol. The Hall–Kier alpha value is -1.85. The molecule has 3 N–H and O–H groups in total. The lowest BCUT2D eigenvalue weighted by Gasteiger charge is -2.06. The number of nitrogens with two attached hydrogens (primary N) is 1. The number of halogens is 2. The zero-order chi connectivity index (χ0) is 14.1. The molecule has 0 saturated heterocycles. The fourth-order valence-corrected chi connectivity index (χ4v) is 2.52. The highest BCUT2D eigenvalue weighted by atomic mass is 79.9. The van der Waals surface area contributed by atoms with Crippen LogP contribution in [0.25, 0.3) is 22.4 Å². The monoisotopic (exact) mass is 348 g/mol. The number of nitrogens with zero attached hydrogens (tertiary/aromatic N) is 2. The van der Waals surface area contributed by atoms with Crippen molar-refractivity contribution in [2.45, 2.75) is 0 Å². The molecule has 1 aromatic carbocycles. The van der Waals surface area contributed by atoms with Crippen molar-refractivity contribution < 1.29 is 0 Å². The molecule has 0 amide bonds. The van der Waals surface area contributed by atoms with E-state index in [0.717, 1.165) is 26.9 Å². The Labute approximate surface area is 129 Å². The van der Waals surface area contributed by atoms with Crippen LogP contribution in [0.1, 0.15) is 0 Å². The van der Waals surface area contributed by atoms with Crippen molar-refractivity contribution in [1.82, 2.24) is 15.2 Å². The highest BCUT2D eigenvalue weighted by molar-refractivity contribution is 9.10. The Morgan fingerprint density at radius 1 is 1.10 bits per heavy atom. The Morgan fingerprint density at radius 2 is 1.85 bits per heavy atom. The number of nitrogen functional groups attached to an aromatic ring is 1. The number of H-pyrrole nitrogens is 1. The highest BCUT2D eigenvalue weighted by Crippen LogP contribution is 2.36. The summed E-state index contributed by atoms with van der Waals surface area (Å²) >= 11 is 9.45. The van der Waals surface area contributed by atoms with Gasteiger partial charge < -0.3 is 5.73 Å². The van der Waals surface area contributed by atoms with Gasteiger partial charge in [0.2, 0.25) is 0 Å². The molecule has 2 heterocycles. The molecule has 100 valence electrons. The van der Waals surface area contributed by atoms with Gasteiger partial charge in [-0.25, -0.2) is 0 Å². The molecule has 0 unspecified atom stereocenters. The summed E-state index contributed by atoms with van der Waals surface area (Å²) in [5.74, 6) is 0.456. The SMILES string of the molecule is Nc1n[nH]c(-c2ccc(Cl)c(Br)c2)c1-c1ccncc1. The largest absolute Gasteiger partial charge is 0.382 e. The van der Waals surface area contributed by atoms with Crippen LogP contribution in [0.15, 0.2) is 47.2 Å². The Morgan fingerprint density at radius 3 is 2.55 bits per heavy atom. The van der Waals surface area contributed by atoms with Crippen molar-refractivity contribution in [2.24, 2.45) is 0 Å². The van der Waals surface area contributed by atoms with Crippen LogP contribution in [0.3, 0.4) is 0 Å². The molecular weight excluding hydrogens is 340 g/mol. The molecule has 2 aromatic heterocycles. The van der Waals surface area contributed by atoms with Gasteiger partial charge in [-0.2, -0.15) is 5.10 Å². The fourth-order valence-electron chi connectivity index (χ4n) is 2.03. The molecule has 0 spiro atoms. The maximum Gasteiger partial charge on any atom is 0.153 e. The Kier molecular flexibility index (Phi) is 3.46. The van der Waals surface area contributed by atoms with Gasteiger partial charge in [0.05, 0.1) is 16.3 Å². The first-order chi connectivity index (χ1) is 9.66. The van der Waals surface area contributed by atoms with Crippen molar-refractivity contribution in [2.75, 3.05) is 5.73 Å². The summed E-state index contributed by atoms with van der Waals surface area (Å²) in [6, 6.07) is 9.48. The molecule has 20 heavy (non-hydrogen) atoms. The lowest BCUT2D eigenvalue weighted by Crippen LogP contribution is -1.89. The first-order valence-corrected chi connectivity index (χ1v) is 7.03. The number of nitrogens with one attached hydrogen (secondary N) is 1. The highest BCUT2D eigenvalue weighted by Gasteiger charge is 2.15. The summed E-state index contributed by atoms with van der Waals surface area (Å²) in [5.41, 5.74) is 9.61. The minimum absolute atomic E-state index is 0.456. The van der Waals surface area contributed by atoms with Gasteiger partial charge in [0.1, 0.15) is 0 Å². The van der Waals surface area contributed by atoms with E-state index in [9.17, 15) is 0 Å². The van der Waals surface area contributed by atoms with Gasteiger partial charge in [-0.05, 0) is 45.8 Å². The minimum atomic E-state index is 0.456. The lowest BCUT2D eigenvalue weighted by molar-refractivity contribution is 1.10. The quantitative estimate of drug-likeness (QED) is 0.730. The second-order valence-corrected chi connectivity index (χ2v) is 5.49. The van der Waals surface area contributed by atoms with Crippen molar-refractivity contribution in [3.05, 3.63) is 52.2 Å². The molecule has 0 aliphatic rings. The number of benzene rings is 1. The number of pyridine rings is 1. The van der Waals surface area contributed by atoms with E-state index in [1.54, 1.807) is 12.4 Å². The molecule has 0 fully saturated rings. The van der Waals surface area contributed by atoms with E-state index in [2.05, 4.69) is 31.1 Å². The average Bonchev–Trinajstić information content (AvgIpc) is 2.85. The zero-order valence-corrected chi connectivity index (χ0v) is 12.6. The molecule has 0 radical (unpaired) electrons. The number of aromatic amines is 1. The number of hydrogen-bond donors (Lipinski definition) is 2. The molecular formula is C14H10BrClN4. The summed E-state index contributed by atoms with van der Waals surface area (Å²) < 4.78 is 0.825. The van der Waals surface area contributed by atoms with Crippen LogP contribution in [-0.2, 0) is 0 Å². The number of aromatic nitrogens is 3. The van der Waals surface area contributed by atoms with E-state index in [0.29, 0.717) is 10.8 Å². The van der Waals surface area contributed by atoms with Crippen LogP contribution in [0.5, 0.6) is 0 Å². The minimum Gasteiger partial charge on any atom is -0.382 e. The van der Waals surface area contributed by atoms with Crippen molar-refractivity contribution in [1.29, 1.82) is 0 Å². The summed E-state index contributed by atoms with van der Waals surface area (Å²) in [4.78, 5) is 4.02. The van der Waals surface area contributed by atoms with Gasteiger partial charge in [-0.15, -0.1) is 0 Å². The second kappa shape index (κ2) is 5.26. The van der Waals surface area contributed by atoms with E-state index < -0.39 is 0 Å². The van der Waals surface area contributed by atoms with Crippen LogP contribution in [0.4, 0.5) is 5.82 Å². The van der Waals surface area contributed by atoms with Crippen molar-refractivity contribution in [3.63, 3.8) is 0 Å². The van der Waals surface area contributed by atoms with Gasteiger partial charge in [0.15, 0.2) is 5.82 Å². The number of anilines is 1. The maximum atomic E-state index is 6.02. The van der Waals surface area contributed by atoms with Crippen LogP contribution in [0.2, 0.25) is 5.02 Å². The first kappa shape index (κ1) is 13.1. The standard InChI is InChI=1S/C14H10BrClN4/c15-10-7-9(1-2-11(10)16)13-12(14(17)20-19-13)8-3-5-18-6-4-8/h1-7H,(H3,17,19,20). The summed E-state index contributed by atoms with van der Waals surface area (Å²) in [6.45, 7) is 0. The van der Waals surface area contributed by atoms with E-state index >= 15 is 0 Å². The Balaban J connectivity index is 2.18. The van der Waals surface area contributed by atoms with E-state index in [1.807, 2.05) is 30.3 Å². The number of hydrogen-bond acceptors (Lipinski definition) is 3. The number of rotatable bonds is 2. The third kappa shape index (κ3) is 2.30.